The summed E-state index contributed by atoms with van der Waals surface area (Å²) >= 11 is 0. The van der Waals surface area contributed by atoms with E-state index in [1.807, 2.05) is 6.92 Å². The minimum atomic E-state index is -3.63. The molecule has 0 heterocycles. The number of hydrogen-bond acceptors (Lipinski definition) is 5. The summed E-state index contributed by atoms with van der Waals surface area (Å²) in [5.74, 6) is 0. The molecule has 0 spiro atoms. The first kappa shape index (κ1) is 19.6. The van der Waals surface area contributed by atoms with E-state index in [9.17, 15) is 4.57 Å². The van der Waals surface area contributed by atoms with Crippen LogP contribution in [-0.4, -0.2) is 36.4 Å². The van der Waals surface area contributed by atoms with Crippen molar-refractivity contribution in [2.45, 2.75) is 52.9 Å². The quantitative estimate of drug-likeness (QED) is 0.328. The van der Waals surface area contributed by atoms with Crippen LogP contribution in [0, 0.1) is 0 Å². The second kappa shape index (κ2) is 9.48. The standard InChI is InChI=1S/C14H28NO4P/c1-8-10-17-20(16,18-11-9-2)19-14(7)15(12(3)4)13(5)6/h8-9,12-14H,1-2,10-11H2,3-7H3. The van der Waals surface area contributed by atoms with Crippen LogP contribution in [0.1, 0.15) is 34.6 Å². The van der Waals surface area contributed by atoms with Gasteiger partial charge in [-0.25, -0.2) is 4.57 Å². The SMILES string of the molecule is C=CCOP(=O)(OCC=C)OC(C)N(C(C)C)C(C)C. The van der Waals surface area contributed by atoms with Crippen LogP contribution in [0.2, 0.25) is 0 Å². The topological polar surface area (TPSA) is 48.0 Å². The minimum Gasteiger partial charge on any atom is -0.283 e. The Labute approximate surface area is 123 Å². The molecule has 1 unspecified atom stereocenters. The fraction of sp³-hybridized carbons (Fsp3) is 0.714. The van der Waals surface area contributed by atoms with E-state index < -0.39 is 14.1 Å². The van der Waals surface area contributed by atoms with Crippen LogP contribution < -0.4 is 0 Å². The summed E-state index contributed by atoms with van der Waals surface area (Å²) in [6.45, 7) is 17.3. The molecule has 20 heavy (non-hydrogen) atoms. The molecule has 1 atom stereocenters. The summed E-state index contributed by atoms with van der Waals surface area (Å²) < 4.78 is 28.4. The predicted octanol–water partition coefficient (Wildman–Crippen LogP) is 3.98. The molecule has 0 aliphatic rings. The van der Waals surface area contributed by atoms with Crippen molar-refractivity contribution in [2.75, 3.05) is 13.2 Å². The van der Waals surface area contributed by atoms with Crippen molar-refractivity contribution in [2.24, 2.45) is 0 Å². The van der Waals surface area contributed by atoms with Gasteiger partial charge in [0.15, 0.2) is 0 Å². The van der Waals surface area contributed by atoms with E-state index >= 15 is 0 Å². The molecule has 118 valence electrons. The third kappa shape index (κ3) is 6.82. The second-order valence-corrected chi connectivity index (χ2v) is 6.58. The summed E-state index contributed by atoms with van der Waals surface area (Å²) in [6.07, 6.45) is 2.61. The highest BCUT2D eigenvalue weighted by atomic mass is 31.2. The first-order chi connectivity index (χ1) is 9.27. The molecule has 0 N–H and O–H groups in total. The maximum Gasteiger partial charge on any atom is 0.476 e. The lowest BCUT2D eigenvalue weighted by atomic mass is 10.2. The lowest BCUT2D eigenvalue weighted by molar-refractivity contribution is -0.0310. The highest BCUT2D eigenvalue weighted by molar-refractivity contribution is 7.48. The highest BCUT2D eigenvalue weighted by Crippen LogP contribution is 2.51. The first-order valence-corrected chi connectivity index (χ1v) is 8.30. The lowest BCUT2D eigenvalue weighted by Gasteiger charge is -2.36. The van der Waals surface area contributed by atoms with E-state index in [0.29, 0.717) is 0 Å². The molecule has 5 nitrogen and oxygen atoms in total. The molecular weight excluding hydrogens is 277 g/mol. The Morgan fingerprint density at radius 1 is 1.00 bits per heavy atom. The third-order valence-corrected chi connectivity index (χ3v) is 4.09. The third-order valence-electron chi connectivity index (χ3n) is 2.60. The molecule has 0 aromatic carbocycles. The van der Waals surface area contributed by atoms with Crippen LogP contribution >= 0.6 is 7.82 Å². The highest BCUT2D eigenvalue weighted by Gasteiger charge is 2.32. The molecule has 0 aromatic heterocycles. The smallest absolute Gasteiger partial charge is 0.283 e. The zero-order valence-corrected chi connectivity index (χ0v) is 14.1. The van der Waals surface area contributed by atoms with Gasteiger partial charge < -0.3 is 0 Å². The monoisotopic (exact) mass is 305 g/mol. The minimum absolute atomic E-state index is 0.102. The molecule has 0 saturated carbocycles. The average molecular weight is 305 g/mol. The Hall–Kier alpha value is -0.450. The van der Waals surface area contributed by atoms with Gasteiger partial charge in [0, 0.05) is 12.1 Å². The van der Waals surface area contributed by atoms with Crippen LogP contribution in [0.4, 0.5) is 0 Å². The molecule has 6 heteroatoms. The predicted molar refractivity (Wildman–Crippen MR) is 82.6 cm³/mol. The van der Waals surface area contributed by atoms with Crippen molar-refractivity contribution in [3.8, 4) is 0 Å². The lowest BCUT2D eigenvalue weighted by Crippen LogP contribution is -2.44. The number of phosphoric ester groups is 1. The van der Waals surface area contributed by atoms with E-state index in [2.05, 4.69) is 45.8 Å². The van der Waals surface area contributed by atoms with Crippen LogP contribution in [-0.2, 0) is 18.1 Å². The van der Waals surface area contributed by atoms with E-state index in [-0.39, 0.29) is 25.3 Å². The molecule has 0 rings (SSSR count). The molecule has 0 bridgehead atoms. The van der Waals surface area contributed by atoms with Gasteiger partial charge in [-0.2, -0.15) is 0 Å². The number of rotatable bonds is 11. The molecule has 0 amide bonds. The number of nitrogens with zero attached hydrogens (tertiary/aromatic N) is 1. The Morgan fingerprint density at radius 2 is 1.40 bits per heavy atom. The van der Waals surface area contributed by atoms with Crippen molar-refractivity contribution < 1.29 is 18.1 Å². The zero-order valence-electron chi connectivity index (χ0n) is 13.2. The molecule has 0 aliphatic carbocycles. The van der Waals surface area contributed by atoms with E-state index in [1.165, 1.54) is 12.2 Å². The number of hydrogen-bond donors (Lipinski definition) is 0. The fourth-order valence-electron chi connectivity index (χ4n) is 2.06. The Bertz CT molecular complexity index is 320. The van der Waals surface area contributed by atoms with Crippen molar-refractivity contribution in [3.63, 3.8) is 0 Å². The normalized spacial score (nSPS) is 14.0. The van der Waals surface area contributed by atoms with Crippen LogP contribution in [0.5, 0.6) is 0 Å². The molecule has 0 fully saturated rings. The van der Waals surface area contributed by atoms with E-state index in [1.54, 1.807) is 0 Å². The maximum absolute atomic E-state index is 12.5. The first-order valence-electron chi connectivity index (χ1n) is 6.84. The summed E-state index contributed by atoms with van der Waals surface area (Å²) in [5.41, 5.74) is 0. The van der Waals surface area contributed by atoms with Crippen LogP contribution in [0.3, 0.4) is 0 Å². The Morgan fingerprint density at radius 3 is 1.70 bits per heavy atom. The van der Waals surface area contributed by atoms with Gasteiger partial charge >= 0.3 is 7.82 Å². The molecule has 0 aliphatic heterocycles. The summed E-state index contributed by atoms with van der Waals surface area (Å²) in [4.78, 5) is 2.08. The van der Waals surface area contributed by atoms with Crippen molar-refractivity contribution in [3.05, 3.63) is 25.3 Å². The van der Waals surface area contributed by atoms with Crippen LogP contribution in [0.25, 0.3) is 0 Å². The van der Waals surface area contributed by atoms with Crippen LogP contribution in [0.15, 0.2) is 25.3 Å². The van der Waals surface area contributed by atoms with E-state index in [4.69, 9.17) is 13.6 Å². The molecular formula is C14H28NO4P. The summed E-state index contributed by atoms with van der Waals surface area (Å²) in [5, 5.41) is 0. The average Bonchev–Trinajstić information content (AvgIpc) is 2.33. The van der Waals surface area contributed by atoms with Gasteiger partial charge in [-0.05, 0) is 34.6 Å². The van der Waals surface area contributed by atoms with Crippen molar-refractivity contribution >= 4 is 7.82 Å². The Balaban J connectivity index is 4.89. The van der Waals surface area contributed by atoms with E-state index in [0.717, 1.165) is 0 Å². The Kier molecular flexibility index (Phi) is 9.27. The van der Waals surface area contributed by atoms with Gasteiger partial charge in [-0.1, -0.05) is 12.2 Å². The molecule has 0 saturated heterocycles. The maximum atomic E-state index is 12.5. The van der Waals surface area contributed by atoms with Gasteiger partial charge in [-0.3, -0.25) is 18.5 Å². The second-order valence-electron chi connectivity index (χ2n) is 4.96. The van der Waals surface area contributed by atoms with Gasteiger partial charge in [0.2, 0.25) is 0 Å². The van der Waals surface area contributed by atoms with Crippen molar-refractivity contribution in [1.29, 1.82) is 0 Å². The largest absolute Gasteiger partial charge is 0.476 e. The summed E-state index contributed by atoms with van der Waals surface area (Å²) in [6, 6.07) is 0.495. The molecule has 0 aromatic rings. The fourth-order valence-corrected chi connectivity index (χ4v) is 3.32. The van der Waals surface area contributed by atoms with Gasteiger partial charge in [0.1, 0.15) is 6.23 Å². The van der Waals surface area contributed by atoms with Gasteiger partial charge in [-0.15, -0.1) is 13.2 Å². The van der Waals surface area contributed by atoms with Gasteiger partial charge in [0.25, 0.3) is 0 Å². The molecule has 0 radical (unpaired) electrons. The zero-order chi connectivity index (χ0) is 15.8. The number of phosphoric acid groups is 1. The van der Waals surface area contributed by atoms with Gasteiger partial charge in [0.05, 0.1) is 13.2 Å². The van der Waals surface area contributed by atoms with Crippen molar-refractivity contribution in [1.82, 2.24) is 4.90 Å². The summed E-state index contributed by atoms with van der Waals surface area (Å²) in [7, 11) is -3.63.